The van der Waals surface area contributed by atoms with Crippen LogP contribution in [0.3, 0.4) is 0 Å². The number of nitrogens with two attached hydrogens (primary N) is 1. The van der Waals surface area contributed by atoms with Crippen molar-refractivity contribution in [3.8, 4) is 6.07 Å². The molecule has 0 unspecified atom stereocenters. The molecule has 0 aliphatic rings. The van der Waals surface area contributed by atoms with E-state index in [-0.39, 0.29) is 17.0 Å². The summed E-state index contributed by atoms with van der Waals surface area (Å²) in [5.74, 6) is 0. The van der Waals surface area contributed by atoms with Gasteiger partial charge in [0.2, 0.25) is 10.0 Å². The van der Waals surface area contributed by atoms with E-state index >= 15 is 0 Å². The van der Waals surface area contributed by atoms with Gasteiger partial charge in [-0.05, 0) is 23.3 Å². The third-order valence-electron chi connectivity index (χ3n) is 3.02. The van der Waals surface area contributed by atoms with Crippen molar-refractivity contribution in [2.75, 3.05) is 0 Å². The molecule has 0 aromatic heterocycles. The summed E-state index contributed by atoms with van der Waals surface area (Å²) in [4.78, 5) is -0.00826. The van der Waals surface area contributed by atoms with Crippen LogP contribution < -0.4 is 10.5 Å². The fourth-order valence-electron chi connectivity index (χ4n) is 1.84. The van der Waals surface area contributed by atoms with Crippen molar-refractivity contribution in [2.45, 2.75) is 18.0 Å². The number of nitrogens with zero attached hydrogens (tertiary/aromatic N) is 1. The van der Waals surface area contributed by atoms with Crippen molar-refractivity contribution >= 4 is 10.0 Å². The van der Waals surface area contributed by atoms with Crippen molar-refractivity contribution in [3.63, 3.8) is 0 Å². The highest BCUT2D eigenvalue weighted by atomic mass is 32.2. The van der Waals surface area contributed by atoms with Crippen molar-refractivity contribution in [1.29, 1.82) is 5.26 Å². The minimum Gasteiger partial charge on any atom is -0.326 e. The van der Waals surface area contributed by atoms with Crippen molar-refractivity contribution < 1.29 is 8.42 Å². The molecule has 0 saturated heterocycles. The summed E-state index contributed by atoms with van der Waals surface area (Å²) in [5.41, 5.74) is 7.44. The molecule has 6 heteroatoms. The number of hydrogen-bond acceptors (Lipinski definition) is 4. The van der Waals surface area contributed by atoms with Gasteiger partial charge in [0.1, 0.15) is 6.07 Å². The standard InChI is InChI=1S/C15H15N3O2S/c16-9-12-5-7-13(8-6-12)11-18-21(19,20)15-4-2-1-3-14(15)10-17/h1-8,18H,9,11,16H2. The maximum absolute atomic E-state index is 12.2. The first-order valence-electron chi connectivity index (χ1n) is 6.33. The third-order valence-corrected chi connectivity index (χ3v) is 4.48. The zero-order valence-corrected chi connectivity index (χ0v) is 12.1. The molecule has 0 saturated carbocycles. The average Bonchev–Trinajstić information content (AvgIpc) is 2.53. The van der Waals surface area contributed by atoms with Crippen LogP contribution in [0.5, 0.6) is 0 Å². The van der Waals surface area contributed by atoms with Crippen LogP contribution in [0.1, 0.15) is 16.7 Å². The predicted molar refractivity (Wildman–Crippen MR) is 79.5 cm³/mol. The molecule has 0 amide bonds. The van der Waals surface area contributed by atoms with Crippen LogP contribution in [-0.2, 0) is 23.1 Å². The minimum atomic E-state index is -3.71. The van der Waals surface area contributed by atoms with Crippen LogP contribution in [0.25, 0.3) is 0 Å². The van der Waals surface area contributed by atoms with Crippen molar-refractivity contribution in [2.24, 2.45) is 5.73 Å². The molecule has 0 heterocycles. The lowest BCUT2D eigenvalue weighted by molar-refractivity contribution is 0.581. The number of nitrogens with one attached hydrogen (secondary N) is 1. The van der Waals surface area contributed by atoms with Crippen molar-refractivity contribution in [1.82, 2.24) is 4.72 Å². The van der Waals surface area contributed by atoms with E-state index in [4.69, 9.17) is 11.0 Å². The zero-order chi connectivity index (χ0) is 15.3. The minimum absolute atomic E-state index is 0.00826. The van der Waals surface area contributed by atoms with Gasteiger partial charge in [0.25, 0.3) is 0 Å². The van der Waals surface area contributed by atoms with E-state index in [2.05, 4.69) is 4.72 Å². The second-order valence-electron chi connectivity index (χ2n) is 4.45. The predicted octanol–water partition coefficient (Wildman–Crippen LogP) is 1.50. The number of rotatable bonds is 5. The van der Waals surface area contributed by atoms with Gasteiger partial charge < -0.3 is 5.73 Å². The molecular weight excluding hydrogens is 286 g/mol. The molecule has 0 atom stereocenters. The number of nitriles is 1. The topological polar surface area (TPSA) is 96.0 Å². The molecule has 0 aliphatic heterocycles. The average molecular weight is 301 g/mol. The first-order chi connectivity index (χ1) is 10.1. The lowest BCUT2D eigenvalue weighted by Gasteiger charge is -2.08. The third kappa shape index (κ3) is 3.67. The Morgan fingerprint density at radius 1 is 1.05 bits per heavy atom. The molecule has 2 aromatic carbocycles. The highest BCUT2D eigenvalue weighted by molar-refractivity contribution is 7.89. The molecule has 0 bridgehead atoms. The normalized spacial score (nSPS) is 11.0. The summed E-state index contributed by atoms with van der Waals surface area (Å²) in [6.45, 7) is 0.606. The van der Waals surface area contributed by atoms with Gasteiger partial charge in [-0.15, -0.1) is 0 Å². The van der Waals surface area contributed by atoms with Gasteiger partial charge in [-0.2, -0.15) is 5.26 Å². The number of hydrogen-bond donors (Lipinski definition) is 2. The molecular formula is C15H15N3O2S. The van der Waals surface area contributed by atoms with Gasteiger partial charge in [0, 0.05) is 13.1 Å². The molecule has 21 heavy (non-hydrogen) atoms. The highest BCUT2D eigenvalue weighted by Crippen LogP contribution is 2.14. The Kier molecular flexibility index (Phi) is 4.70. The molecule has 2 aromatic rings. The van der Waals surface area contributed by atoms with Crippen LogP contribution in [0, 0.1) is 11.3 Å². The van der Waals surface area contributed by atoms with E-state index in [9.17, 15) is 8.42 Å². The molecule has 0 radical (unpaired) electrons. The second kappa shape index (κ2) is 6.50. The highest BCUT2D eigenvalue weighted by Gasteiger charge is 2.17. The largest absolute Gasteiger partial charge is 0.326 e. The van der Waals surface area contributed by atoms with Gasteiger partial charge in [-0.1, -0.05) is 36.4 Å². The van der Waals surface area contributed by atoms with E-state index in [1.165, 1.54) is 12.1 Å². The Bertz CT molecular complexity index is 762. The second-order valence-corrected chi connectivity index (χ2v) is 6.19. The van der Waals surface area contributed by atoms with Gasteiger partial charge in [-0.3, -0.25) is 0 Å². The van der Waals surface area contributed by atoms with E-state index in [1.54, 1.807) is 12.1 Å². The summed E-state index contributed by atoms with van der Waals surface area (Å²) in [5, 5.41) is 8.97. The molecule has 108 valence electrons. The quantitative estimate of drug-likeness (QED) is 0.874. The van der Waals surface area contributed by atoms with E-state index in [0.717, 1.165) is 11.1 Å². The van der Waals surface area contributed by atoms with Gasteiger partial charge >= 0.3 is 0 Å². The van der Waals surface area contributed by atoms with E-state index < -0.39 is 10.0 Å². The smallest absolute Gasteiger partial charge is 0.242 e. The molecule has 0 fully saturated rings. The summed E-state index contributed by atoms with van der Waals surface area (Å²) in [6, 6.07) is 15.3. The van der Waals surface area contributed by atoms with Gasteiger partial charge in [0.05, 0.1) is 10.5 Å². The fraction of sp³-hybridized carbons (Fsp3) is 0.133. The molecule has 5 nitrogen and oxygen atoms in total. The summed E-state index contributed by atoms with van der Waals surface area (Å²) in [7, 11) is -3.71. The van der Waals surface area contributed by atoms with E-state index in [0.29, 0.717) is 6.54 Å². The van der Waals surface area contributed by atoms with Gasteiger partial charge in [-0.25, -0.2) is 13.1 Å². The lowest BCUT2D eigenvalue weighted by atomic mass is 10.1. The molecule has 2 rings (SSSR count). The van der Waals surface area contributed by atoms with Crippen molar-refractivity contribution in [3.05, 3.63) is 65.2 Å². The maximum Gasteiger partial charge on any atom is 0.242 e. The van der Waals surface area contributed by atoms with Crippen LogP contribution in [0.2, 0.25) is 0 Å². The van der Waals surface area contributed by atoms with Crippen LogP contribution in [0.4, 0.5) is 0 Å². The summed E-state index contributed by atoms with van der Waals surface area (Å²) < 4.78 is 26.9. The lowest BCUT2D eigenvalue weighted by Crippen LogP contribution is -2.24. The first-order valence-corrected chi connectivity index (χ1v) is 7.82. The maximum atomic E-state index is 12.2. The molecule has 3 N–H and O–H groups in total. The fourth-order valence-corrected chi connectivity index (χ4v) is 3.02. The summed E-state index contributed by atoms with van der Waals surface area (Å²) >= 11 is 0. The zero-order valence-electron chi connectivity index (χ0n) is 11.3. The number of benzene rings is 2. The van der Waals surface area contributed by atoms with E-state index in [1.807, 2.05) is 30.3 Å². The SMILES string of the molecule is N#Cc1ccccc1S(=O)(=O)NCc1ccc(CN)cc1. The van der Waals surface area contributed by atoms with Crippen LogP contribution in [0.15, 0.2) is 53.4 Å². The molecule has 0 spiro atoms. The Hall–Kier alpha value is -2.20. The monoisotopic (exact) mass is 301 g/mol. The Labute approximate surface area is 124 Å². The summed E-state index contributed by atoms with van der Waals surface area (Å²) in [6.07, 6.45) is 0. The van der Waals surface area contributed by atoms with Crippen LogP contribution >= 0.6 is 0 Å². The Balaban J connectivity index is 2.16. The van der Waals surface area contributed by atoms with Crippen LogP contribution in [-0.4, -0.2) is 8.42 Å². The first kappa shape index (κ1) is 15.2. The Morgan fingerprint density at radius 2 is 1.67 bits per heavy atom. The molecule has 0 aliphatic carbocycles. The Morgan fingerprint density at radius 3 is 2.29 bits per heavy atom. The number of sulfonamides is 1. The van der Waals surface area contributed by atoms with Gasteiger partial charge in [0.15, 0.2) is 0 Å².